The van der Waals surface area contributed by atoms with Crippen LogP contribution in [-0.2, 0) is 34.2 Å². The Balaban J connectivity index is 0.000000269. The molecular formula is C24H28F3N5O3. The molecular weight excluding hydrogens is 463 g/mol. The summed E-state index contributed by atoms with van der Waals surface area (Å²) in [6, 6.07) is 4.90. The van der Waals surface area contributed by atoms with Crippen LogP contribution in [0, 0.1) is 0 Å². The van der Waals surface area contributed by atoms with Gasteiger partial charge in [0, 0.05) is 38.8 Å². The molecule has 0 aliphatic carbocycles. The van der Waals surface area contributed by atoms with E-state index in [-0.39, 0.29) is 24.5 Å². The van der Waals surface area contributed by atoms with Crippen molar-refractivity contribution in [2.45, 2.75) is 32.2 Å². The summed E-state index contributed by atoms with van der Waals surface area (Å²) in [4.78, 5) is 23.7. The maximum absolute atomic E-state index is 12.4. The van der Waals surface area contributed by atoms with Crippen molar-refractivity contribution >= 4 is 17.5 Å². The maximum Gasteiger partial charge on any atom is 0.416 e. The van der Waals surface area contributed by atoms with Crippen LogP contribution in [0.5, 0.6) is 0 Å². The minimum Gasteiger partial charge on any atom is -0.372 e. The van der Waals surface area contributed by atoms with Gasteiger partial charge < -0.3 is 9.64 Å². The van der Waals surface area contributed by atoms with Crippen molar-refractivity contribution in [2.24, 2.45) is 12.1 Å². The molecule has 1 aliphatic heterocycles. The molecule has 1 fully saturated rings. The SMILES string of the molecule is C=C/C(=N\NC(C)=O)c1cnn(C)c1.C=CC(=O)N1CCC(OCc2ccc(C(F)(F)F)cc2)C1. The van der Waals surface area contributed by atoms with Crippen LogP contribution in [0.25, 0.3) is 0 Å². The first kappa shape index (κ1) is 27.5. The Morgan fingerprint density at radius 2 is 1.94 bits per heavy atom. The number of rotatable bonds is 7. The van der Waals surface area contributed by atoms with Crippen LogP contribution in [-0.4, -0.2) is 51.4 Å². The molecule has 3 rings (SSSR count). The smallest absolute Gasteiger partial charge is 0.372 e. The number of likely N-dealkylation sites (tertiary alicyclic amines) is 1. The zero-order valence-corrected chi connectivity index (χ0v) is 19.6. The highest BCUT2D eigenvalue weighted by Crippen LogP contribution is 2.29. The number of alkyl halides is 3. The van der Waals surface area contributed by atoms with Crippen LogP contribution in [0.15, 0.2) is 67.1 Å². The van der Waals surface area contributed by atoms with Crippen LogP contribution in [0.4, 0.5) is 13.2 Å². The fourth-order valence-electron chi connectivity index (χ4n) is 3.12. The quantitative estimate of drug-likeness (QED) is 0.365. The highest BCUT2D eigenvalue weighted by atomic mass is 19.4. The first-order valence-electron chi connectivity index (χ1n) is 10.7. The third-order valence-corrected chi connectivity index (χ3v) is 4.93. The van der Waals surface area contributed by atoms with Gasteiger partial charge in [-0.25, -0.2) is 5.43 Å². The second-order valence-electron chi connectivity index (χ2n) is 7.68. The van der Waals surface area contributed by atoms with E-state index in [2.05, 4.69) is 28.8 Å². The molecule has 1 unspecified atom stereocenters. The first-order valence-corrected chi connectivity index (χ1v) is 10.7. The molecule has 1 aromatic carbocycles. The van der Waals surface area contributed by atoms with Crippen LogP contribution < -0.4 is 5.43 Å². The van der Waals surface area contributed by atoms with Gasteiger partial charge in [0.15, 0.2) is 0 Å². The van der Waals surface area contributed by atoms with Crippen molar-refractivity contribution in [1.82, 2.24) is 20.1 Å². The van der Waals surface area contributed by atoms with Gasteiger partial charge in [-0.1, -0.05) is 25.3 Å². The number of aryl methyl sites for hydroxylation is 1. The van der Waals surface area contributed by atoms with Gasteiger partial charge in [-0.15, -0.1) is 0 Å². The average Bonchev–Trinajstić information content (AvgIpc) is 3.47. The molecule has 11 heteroatoms. The van der Waals surface area contributed by atoms with Gasteiger partial charge in [-0.3, -0.25) is 14.3 Å². The lowest BCUT2D eigenvalue weighted by Crippen LogP contribution is -2.28. The summed E-state index contributed by atoms with van der Waals surface area (Å²) in [6.07, 6.45) is 2.59. The summed E-state index contributed by atoms with van der Waals surface area (Å²) in [5.74, 6) is -0.344. The van der Waals surface area contributed by atoms with Gasteiger partial charge >= 0.3 is 6.18 Å². The lowest BCUT2D eigenvalue weighted by Gasteiger charge is -2.15. The average molecular weight is 492 g/mol. The summed E-state index contributed by atoms with van der Waals surface area (Å²) < 4.78 is 44.6. The van der Waals surface area contributed by atoms with Crippen molar-refractivity contribution in [3.63, 3.8) is 0 Å². The third-order valence-electron chi connectivity index (χ3n) is 4.93. The summed E-state index contributed by atoms with van der Waals surface area (Å²) in [5.41, 5.74) is 3.76. The zero-order chi connectivity index (χ0) is 26.0. The van der Waals surface area contributed by atoms with Crippen LogP contribution in [0.2, 0.25) is 0 Å². The second-order valence-corrected chi connectivity index (χ2v) is 7.68. The molecule has 2 aromatic rings. The molecule has 2 heterocycles. The zero-order valence-electron chi connectivity index (χ0n) is 19.6. The second kappa shape index (κ2) is 12.7. The molecule has 1 aliphatic rings. The van der Waals surface area contributed by atoms with Gasteiger partial charge in [-0.2, -0.15) is 23.4 Å². The predicted octanol–water partition coefficient (Wildman–Crippen LogP) is 3.46. The number of aromatic nitrogens is 2. The Morgan fingerprint density at radius 1 is 1.26 bits per heavy atom. The first-order chi connectivity index (χ1) is 16.5. The van der Waals surface area contributed by atoms with Crippen molar-refractivity contribution < 1.29 is 27.5 Å². The number of benzene rings is 1. The standard InChI is InChI=1S/C15H16F3NO2.C9H12N4O/c1-2-14(20)19-8-7-13(9-19)21-10-11-3-5-12(6-4-11)15(16,17)18;1-4-9(12-11-7(2)14)8-5-10-13(3)6-8/h2-6,13H,1,7-10H2;4-6H,1H2,2-3H3,(H,11,14)/b;12-9+. The van der Waals surface area contributed by atoms with E-state index in [4.69, 9.17) is 4.74 Å². The molecule has 0 bridgehead atoms. The number of halogens is 3. The highest BCUT2D eigenvalue weighted by molar-refractivity contribution is 6.08. The van der Waals surface area contributed by atoms with Crippen LogP contribution in [0.3, 0.4) is 0 Å². The Kier molecular flexibility index (Phi) is 9.95. The van der Waals surface area contributed by atoms with Gasteiger partial charge in [-0.05, 0) is 36.3 Å². The Hall–Kier alpha value is -3.73. The molecule has 0 saturated carbocycles. The fraction of sp³-hybridized carbons (Fsp3) is 0.333. The molecule has 1 saturated heterocycles. The number of hydrazone groups is 1. The number of carbonyl (C=O) groups is 2. The number of allylic oxidation sites excluding steroid dienone is 1. The summed E-state index contributed by atoms with van der Waals surface area (Å²) in [7, 11) is 1.81. The lowest BCUT2D eigenvalue weighted by atomic mass is 10.1. The number of ether oxygens (including phenoxy) is 1. The number of carbonyl (C=O) groups excluding carboxylic acids is 2. The van der Waals surface area contributed by atoms with Crippen molar-refractivity contribution in [2.75, 3.05) is 13.1 Å². The number of nitrogens with one attached hydrogen (secondary N) is 1. The Labute approximate surface area is 201 Å². The van der Waals surface area contributed by atoms with E-state index in [9.17, 15) is 22.8 Å². The number of amides is 2. The molecule has 188 valence electrons. The summed E-state index contributed by atoms with van der Waals surface area (Å²) in [5, 5.41) is 7.86. The summed E-state index contributed by atoms with van der Waals surface area (Å²) in [6.45, 7) is 9.77. The number of hydrogen-bond donors (Lipinski definition) is 1. The van der Waals surface area contributed by atoms with Crippen molar-refractivity contribution in [1.29, 1.82) is 0 Å². The number of nitrogens with zero attached hydrogens (tertiary/aromatic N) is 4. The topological polar surface area (TPSA) is 88.8 Å². The molecule has 0 radical (unpaired) electrons. The molecule has 1 N–H and O–H groups in total. The Bertz CT molecular complexity index is 1060. The van der Waals surface area contributed by atoms with Gasteiger partial charge in [0.25, 0.3) is 0 Å². The molecule has 2 amide bonds. The lowest BCUT2D eigenvalue weighted by molar-refractivity contribution is -0.137. The Morgan fingerprint density at radius 3 is 2.46 bits per heavy atom. The molecule has 35 heavy (non-hydrogen) atoms. The minimum atomic E-state index is -4.32. The largest absolute Gasteiger partial charge is 0.416 e. The monoisotopic (exact) mass is 491 g/mol. The number of hydrogen-bond acceptors (Lipinski definition) is 5. The van der Waals surface area contributed by atoms with Gasteiger partial charge in [0.05, 0.1) is 30.2 Å². The van der Waals surface area contributed by atoms with E-state index in [0.29, 0.717) is 24.4 Å². The van der Waals surface area contributed by atoms with E-state index in [1.807, 2.05) is 7.05 Å². The van der Waals surface area contributed by atoms with E-state index < -0.39 is 11.7 Å². The van der Waals surface area contributed by atoms with Crippen LogP contribution >= 0.6 is 0 Å². The van der Waals surface area contributed by atoms with Gasteiger partial charge in [0.1, 0.15) is 0 Å². The van der Waals surface area contributed by atoms with Crippen LogP contribution in [0.1, 0.15) is 30.0 Å². The van der Waals surface area contributed by atoms with E-state index in [1.54, 1.807) is 28.1 Å². The minimum absolute atomic E-state index is 0.0869. The molecule has 1 atom stereocenters. The van der Waals surface area contributed by atoms with E-state index in [1.165, 1.54) is 25.1 Å². The molecule has 0 spiro atoms. The fourth-order valence-corrected chi connectivity index (χ4v) is 3.12. The third kappa shape index (κ3) is 8.85. The summed E-state index contributed by atoms with van der Waals surface area (Å²) >= 11 is 0. The van der Waals surface area contributed by atoms with Crippen molar-refractivity contribution in [3.8, 4) is 0 Å². The molecule has 1 aromatic heterocycles. The maximum atomic E-state index is 12.4. The van der Waals surface area contributed by atoms with E-state index >= 15 is 0 Å². The van der Waals surface area contributed by atoms with E-state index in [0.717, 1.165) is 24.1 Å². The normalized spacial score (nSPS) is 15.7. The highest BCUT2D eigenvalue weighted by Gasteiger charge is 2.30. The van der Waals surface area contributed by atoms with Gasteiger partial charge in [0.2, 0.25) is 11.8 Å². The van der Waals surface area contributed by atoms with Crippen molar-refractivity contribution in [3.05, 3.63) is 78.7 Å². The molecule has 8 nitrogen and oxygen atoms in total. The predicted molar refractivity (Wildman–Crippen MR) is 125 cm³/mol.